The molecule has 0 saturated carbocycles. The Balaban J connectivity index is 2.52. The maximum atomic E-state index is 14.0. The van der Waals surface area contributed by atoms with Gasteiger partial charge in [0.1, 0.15) is 11.6 Å². The Hall–Kier alpha value is -1.78. The third kappa shape index (κ3) is 2.57. The van der Waals surface area contributed by atoms with Gasteiger partial charge in [0.15, 0.2) is 0 Å². The summed E-state index contributed by atoms with van der Waals surface area (Å²) in [6.45, 7) is 3.80. The van der Waals surface area contributed by atoms with Crippen LogP contribution in [0.1, 0.15) is 31.0 Å². The van der Waals surface area contributed by atoms with E-state index in [9.17, 15) is 8.78 Å². The molecule has 0 amide bonds. The van der Waals surface area contributed by atoms with Crippen molar-refractivity contribution in [1.82, 2.24) is 5.43 Å². The summed E-state index contributed by atoms with van der Waals surface area (Å²) in [4.78, 5) is 0. The van der Waals surface area contributed by atoms with Crippen LogP contribution in [-0.4, -0.2) is 0 Å². The van der Waals surface area contributed by atoms with Gasteiger partial charge in [-0.2, -0.15) is 0 Å². The number of hydrogen-bond acceptors (Lipinski definition) is 2. The Morgan fingerprint density at radius 2 is 1.50 bits per heavy atom. The molecule has 2 aromatic rings. The van der Waals surface area contributed by atoms with Crippen molar-refractivity contribution in [2.24, 2.45) is 5.84 Å². The van der Waals surface area contributed by atoms with Crippen LogP contribution in [-0.2, 0) is 5.41 Å². The number of hydrogen-bond donors (Lipinski definition) is 2. The lowest BCUT2D eigenvalue weighted by atomic mass is 9.75. The van der Waals surface area contributed by atoms with Crippen molar-refractivity contribution in [3.05, 3.63) is 71.3 Å². The molecule has 106 valence electrons. The van der Waals surface area contributed by atoms with Gasteiger partial charge in [-0.25, -0.2) is 8.78 Å². The van der Waals surface area contributed by atoms with Crippen LogP contribution in [0.15, 0.2) is 48.5 Å². The zero-order valence-electron chi connectivity index (χ0n) is 11.5. The summed E-state index contributed by atoms with van der Waals surface area (Å²) in [5.41, 5.74) is 2.90. The van der Waals surface area contributed by atoms with Gasteiger partial charge in [-0.15, -0.1) is 0 Å². The molecule has 2 nitrogen and oxygen atoms in total. The first-order valence-corrected chi connectivity index (χ1v) is 6.44. The van der Waals surface area contributed by atoms with Crippen LogP contribution in [0.2, 0.25) is 0 Å². The van der Waals surface area contributed by atoms with Crippen molar-refractivity contribution in [2.45, 2.75) is 25.3 Å². The smallest absolute Gasteiger partial charge is 0.131 e. The van der Waals surface area contributed by atoms with Crippen LogP contribution in [0, 0.1) is 11.6 Å². The summed E-state index contributed by atoms with van der Waals surface area (Å²) in [7, 11) is 0. The second kappa shape index (κ2) is 5.69. The Kier molecular flexibility index (Phi) is 4.16. The van der Waals surface area contributed by atoms with Crippen LogP contribution in [0.4, 0.5) is 8.78 Å². The Morgan fingerprint density at radius 1 is 0.950 bits per heavy atom. The maximum Gasteiger partial charge on any atom is 0.131 e. The highest BCUT2D eigenvalue weighted by molar-refractivity contribution is 5.33. The molecule has 0 bridgehead atoms. The molecule has 2 aromatic carbocycles. The van der Waals surface area contributed by atoms with Gasteiger partial charge >= 0.3 is 0 Å². The second-order valence-corrected chi connectivity index (χ2v) is 5.32. The Labute approximate surface area is 117 Å². The highest BCUT2D eigenvalue weighted by atomic mass is 19.1. The first kappa shape index (κ1) is 14.6. The quantitative estimate of drug-likeness (QED) is 0.663. The molecule has 0 aliphatic carbocycles. The molecule has 0 aliphatic heterocycles. The van der Waals surface area contributed by atoms with Crippen molar-refractivity contribution < 1.29 is 8.78 Å². The van der Waals surface area contributed by atoms with E-state index in [4.69, 9.17) is 5.84 Å². The van der Waals surface area contributed by atoms with E-state index in [0.29, 0.717) is 0 Å². The summed E-state index contributed by atoms with van der Waals surface area (Å²) >= 11 is 0. The van der Waals surface area contributed by atoms with Gasteiger partial charge < -0.3 is 0 Å². The fourth-order valence-corrected chi connectivity index (χ4v) is 2.47. The lowest BCUT2D eigenvalue weighted by Crippen LogP contribution is -2.42. The summed E-state index contributed by atoms with van der Waals surface area (Å²) in [6, 6.07) is 12.7. The number of halogens is 2. The van der Waals surface area contributed by atoms with E-state index in [0.717, 1.165) is 5.56 Å². The first-order chi connectivity index (χ1) is 9.48. The number of benzene rings is 2. The van der Waals surface area contributed by atoms with Crippen LogP contribution in [0.3, 0.4) is 0 Å². The molecule has 0 aliphatic rings. The lowest BCUT2D eigenvalue weighted by Gasteiger charge is -2.35. The molecule has 1 atom stereocenters. The molecule has 0 radical (unpaired) electrons. The summed E-state index contributed by atoms with van der Waals surface area (Å²) in [6.07, 6.45) is 0. The molecular formula is C16H18F2N2. The van der Waals surface area contributed by atoms with Crippen molar-refractivity contribution >= 4 is 0 Å². The molecule has 3 N–H and O–H groups in total. The third-order valence-corrected chi connectivity index (χ3v) is 3.69. The number of nitrogens with one attached hydrogen (secondary N) is 1. The summed E-state index contributed by atoms with van der Waals surface area (Å²) in [5.74, 6) is 4.38. The highest BCUT2D eigenvalue weighted by Crippen LogP contribution is 2.38. The minimum atomic E-state index is -0.675. The van der Waals surface area contributed by atoms with Gasteiger partial charge in [-0.1, -0.05) is 50.2 Å². The number of rotatable bonds is 4. The SMILES string of the molecule is CC(C)(c1ccccc1)C(NN)c1c(F)cccc1F. The minimum Gasteiger partial charge on any atom is -0.271 e. The molecule has 4 heteroatoms. The van der Waals surface area contributed by atoms with E-state index in [2.05, 4.69) is 5.43 Å². The van der Waals surface area contributed by atoms with Crippen LogP contribution < -0.4 is 11.3 Å². The summed E-state index contributed by atoms with van der Waals surface area (Å²) < 4.78 is 28.0. The van der Waals surface area contributed by atoms with Gasteiger partial charge in [0.2, 0.25) is 0 Å². The molecule has 20 heavy (non-hydrogen) atoms. The summed E-state index contributed by atoms with van der Waals surface area (Å²) in [5, 5.41) is 0. The van der Waals surface area contributed by atoms with E-state index in [1.54, 1.807) is 0 Å². The molecule has 1 unspecified atom stereocenters. The largest absolute Gasteiger partial charge is 0.271 e. The molecule has 0 saturated heterocycles. The number of hydrazine groups is 1. The zero-order chi connectivity index (χ0) is 14.8. The van der Waals surface area contributed by atoms with Crippen LogP contribution in [0.25, 0.3) is 0 Å². The molecule has 2 rings (SSSR count). The van der Waals surface area contributed by atoms with Crippen molar-refractivity contribution in [3.63, 3.8) is 0 Å². The highest BCUT2D eigenvalue weighted by Gasteiger charge is 2.35. The zero-order valence-corrected chi connectivity index (χ0v) is 11.5. The first-order valence-electron chi connectivity index (χ1n) is 6.44. The Bertz CT molecular complexity index is 562. The van der Waals surface area contributed by atoms with E-state index < -0.39 is 23.1 Å². The van der Waals surface area contributed by atoms with Gasteiger partial charge in [-0.3, -0.25) is 11.3 Å². The van der Waals surface area contributed by atoms with Crippen molar-refractivity contribution in [2.75, 3.05) is 0 Å². The molecule has 0 spiro atoms. The monoisotopic (exact) mass is 276 g/mol. The third-order valence-electron chi connectivity index (χ3n) is 3.69. The van der Waals surface area contributed by atoms with Gasteiger partial charge in [-0.05, 0) is 17.7 Å². The topological polar surface area (TPSA) is 38.0 Å². The predicted molar refractivity (Wildman–Crippen MR) is 75.9 cm³/mol. The predicted octanol–water partition coefficient (Wildman–Crippen LogP) is 3.45. The van der Waals surface area contributed by atoms with Crippen LogP contribution >= 0.6 is 0 Å². The standard InChI is InChI=1S/C16H18F2N2/c1-16(2,11-7-4-3-5-8-11)15(20-19)14-12(17)9-6-10-13(14)18/h3-10,15,20H,19H2,1-2H3. The maximum absolute atomic E-state index is 14.0. The molecule has 0 fully saturated rings. The molecule has 0 aromatic heterocycles. The number of nitrogens with two attached hydrogens (primary N) is 1. The van der Waals surface area contributed by atoms with Gasteiger partial charge in [0.25, 0.3) is 0 Å². The fourth-order valence-electron chi connectivity index (χ4n) is 2.47. The van der Waals surface area contributed by atoms with E-state index >= 15 is 0 Å². The minimum absolute atomic E-state index is 0.0381. The van der Waals surface area contributed by atoms with E-state index in [1.807, 2.05) is 44.2 Å². The van der Waals surface area contributed by atoms with E-state index in [1.165, 1.54) is 18.2 Å². The van der Waals surface area contributed by atoms with E-state index in [-0.39, 0.29) is 5.56 Å². The average Bonchev–Trinajstić information content (AvgIpc) is 2.43. The van der Waals surface area contributed by atoms with Crippen molar-refractivity contribution in [3.8, 4) is 0 Å². The van der Waals surface area contributed by atoms with Crippen molar-refractivity contribution in [1.29, 1.82) is 0 Å². The van der Waals surface area contributed by atoms with Crippen LogP contribution in [0.5, 0.6) is 0 Å². The van der Waals surface area contributed by atoms with Gasteiger partial charge in [0, 0.05) is 11.0 Å². The second-order valence-electron chi connectivity index (χ2n) is 5.32. The Morgan fingerprint density at radius 3 is 2.00 bits per heavy atom. The normalized spacial score (nSPS) is 13.2. The van der Waals surface area contributed by atoms with Gasteiger partial charge in [0.05, 0.1) is 6.04 Å². The molecular weight excluding hydrogens is 258 g/mol. The average molecular weight is 276 g/mol. The molecule has 0 heterocycles. The fraction of sp³-hybridized carbons (Fsp3) is 0.250. The lowest BCUT2D eigenvalue weighted by molar-refractivity contribution is 0.331.